The average Bonchev–Trinajstić information content (AvgIpc) is 2.71. The van der Waals surface area contributed by atoms with Gasteiger partial charge in [0.1, 0.15) is 6.04 Å². The number of hydrogen-bond donors (Lipinski definition) is 2. The van der Waals surface area contributed by atoms with Crippen molar-refractivity contribution in [3.05, 3.63) is 64.0 Å². The van der Waals surface area contributed by atoms with Crippen LogP contribution in [0.2, 0.25) is 0 Å². The van der Waals surface area contributed by atoms with Crippen LogP contribution in [0.4, 0.5) is 15.8 Å². The first kappa shape index (κ1) is 22.2. The zero-order valence-corrected chi connectivity index (χ0v) is 16.6. The fourth-order valence-corrected chi connectivity index (χ4v) is 2.95. The largest absolute Gasteiger partial charge is 0.494 e. The number of methoxy groups -OCH3 is 1. The first-order valence-corrected chi connectivity index (χ1v) is 9.93. The Kier molecular flexibility index (Phi) is 7.96. The quantitative estimate of drug-likeness (QED) is 0.475. The van der Waals surface area contributed by atoms with Crippen molar-refractivity contribution in [2.45, 2.75) is 12.5 Å². The number of amides is 2. The van der Waals surface area contributed by atoms with Crippen molar-refractivity contribution in [1.82, 2.24) is 5.32 Å². The number of ether oxygens (including phenoxy) is 1. The molecule has 154 valence electrons. The molecule has 0 fully saturated rings. The highest BCUT2D eigenvalue weighted by Crippen LogP contribution is 2.21. The molecule has 0 radical (unpaired) electrons. The van der Waals surface area contributed by atoms with Crippen molar-refractivity contribution in [1.29, 1.82) is 0 Å². The normalized spacial score (nSPS) is 11.4. The Labute approximate surface area is 171 Å². The second-order valence-corrected chi connectivity index (χ2v) is 6.94. The van der Waals surface area contributed by atoms with Gasteiger partial charge in [-0.1, -0.05) is 6.07 Å². The molecule has 2 N–H and O–H groups in total. The van der Waals surface area contributed by atoms with Crippen LogP contribution in [0, 0.1) is 15.9 Å². The minimum atomic E-state index is -0.903. The Hall–Kier alpha value is -3.14. The van der Waals surface area contributed by atoms with Crippen LogP contribution in [0.1, 0.15) is 16.8 Å². The van der Waals surface area contributed by atoms with Crippen molar-refractivity contribution in [3.63, 3.8) is 0 Å². The summed E-state index contributed by atoms with van der Waals surface area (Å²) in [5, 5.41) is 16.0. The minimum absolute atomic E-state index is 0.0425. The predicted octanol–water partition coefficient (Wildman–Crippen LogP) is 3.23. The smallest absolute Gasteiger partial charge is 0.270 e. The molecule has 0 bridgehead atoms. The van der Waals surface area contributed by atoms with Gasteiger partial charge < -0.3 is 15.4 Å². The number of nitrogens with one attached hydrogen (secondary N) is 2. The molecule has 0 aromatic heterocycles. The summed E-state index contributed by atoms with van der Waals surface area (Å²) in [5.41, 5.74) is 0.0557. The molecule has 0 saturated carbocycles. The first-order valence-electron chi connectivity index (χ1n) is 8.54. The van der Waals surface area contributed by atoms with Gasteiger partial charge >= 0.3 is 0 Å². The molecule has 2 amide bonds. The lowest BCUT2D eigenvalue weighted by atomic mass is 10.1. The van der Waals surface area contributed by atoms with Crippen molar-refractivity contribution in [2.24, 2.45) is 0 Å². The highest BCUT2D eigenvalue weighted by molar-refractivity contribution is 7.98. The summed E-state index contributed by atoms with van der Waals surface area (Å²) in [7, 11) is 1.33. The number of nitro groups is 1. The maximum absolute atomic E-state index is 13.8. The second-order valence-electron chi connectivity index (χ2n) is 5.95. The van der Waals surface area contributed by atoms with E-state index in [1.54, 1.807) is 0 Å². The van der Waals surface area contributed by atoms with E-state index in [2.05, 4.69) is 10.6 Å². The highest BCUT2D eigenvalue weighted by Gasteiger charge is 2.22. The number of carbonyl (C=O) groups is 2. The van der Waals surface area contributed by atoms with Gasteiger partial charge in [-0.15, -0.1) is 0 Å². The minimum Gasteiger partial charge on any atom is -0.494 e. The fraction of sp³-hybridized carbons (Fsp3) is 0.263. The lowest BCUT2D eigenvalue weighted by molar-refractivity contribution is -0.384. The molecular formula is C19H20FN3O5S. The lowest BCUT2D eigenvalue weighted by Gasteiger charge is -2.18. The van der Waals surface area contributed by atoms with Crippen LogP contribution in [-0.4, -0.2) is 41.9 Å². The van der Waals surface area contributed by atoms with Gasteiger partial charge in [-0.05, 0) is 36.6 Å². The van der Waals surface area contributed by atoms with E-state index in [0.717, 1.165) is 12.1 Å². The van der Waals surface area contributed by atoms with E-state index in [-0.39, 0.29) is 22.7 Å². The summed E-state index contributed by atoms with van der Waals surface area (Å²) in [5.74, 6) is -1.14. The fourth-order valence-electron chi connectivity index (χ4n) is 2.48. The Morgan fingerprint density at radius 1 is 1.28 bits per heavy atom. The van der Waals surface area contributed by atoms with Gasteiger partial charge in [0.25, 0.3) is 11.6 Å². The standard InChI is InChI=1S/C19H20FN3O5S/c1-28-17-7-6-13(11-15(17)20)21-19(25)16(8-9-29-2)22-18(24)12-4-3-5-14(10-12)23(26)27/h3-7,10-11,16H,8-9H2,1-2H3,(H,21,25)(H,22,24). The Morgan fingerprint density at radius 2 is 2.03 bits per heavy atom. The molecule has 2 aromatic rings. The van der Waals surface area contributed by atoms with Gasteiger partial charge in [-0.3, -0.25) is 19.7 Å². The van der Waals surface area contributed by atoms with Crippen LogP contribution >= 0.6 is 11.8 Å². The van der Waals surface area contributed by atoms with Crippen molar-refractivity contribution in [2.75, 3.05) is 24.4 Å². The molecule has 1 unspecified atom stereocenters. The number of benzene rings is 2. The number of thioether (sulfide) groups is 1. The summed E-state index contributed by atoms with van der Waals surface area (Å²) in [6.45, 7) is 0. The maximum Gasteiger partial charge on any atom is 0.270 e. The van der Waals surface area contributed by atoms with Crippen molar-refractivity contribution >= 4 is 35.0 Å². The van der Waals surface area contributed by atoms with Crippen LogP contribution in [0.5, 0.6) is 5.75 Å². The monoisotopic (exact) mass is 421 g/mol. The molecule has 8 nitrogen and oxygen atoms in total. The van der Waals surface area contributed by atoms with Crippen LogP contribution in [0.3, 0.4) is 0 Å². The molecule has 10 heteroatoms. The molecule has 0 aliphatic rings. The van der Waals surface area contributed by atoms with Gasteiger partial charge in [0.15, 0.2) is 11.6 Å². The van der Waals surface area contributed by atoms with E-state index in [1.807, 2.05) is 6.26 Å². The first-order chi connectivity index (χ1) is 13.8. The third kappa shape index (κ3) is 6.18. The third-order valence-electron chi connectivity index (χ3n) is 3.97. The number of halogens is 1. The number of nitrogens with zero attached hydrogens (tertiary/aromatic N) is 1. The number of rotatable bonds is 9. The van der Waals surface area contributed by atoms with E-state index in [4.69, 9.17) is 4.74 Å². The lowest BCUT2D eigenvalue weighted by Crippen LogP contribution is -2.44. The number of anilines is 1. The number of hydrogen-bond acceptors (Lipinski definition) is 6. The van der Waals surface area contributed by atoms with Gasteiger partial charge in [0.05, 0.1) is 12.0 Å². The number of nitro benzene ring substituents is 1. The van der Waals surface area contributed by atoms with E-state index < -0.39 is 28.6 Å². The van der Waals surface area contributed by atoms with E-state index in [9.17, 15) is 24.1 Å². The predicted molar refractivity (Wildman–Crippen MR) is 109 cm³/mol. The van der Waals surface area contributed by atoms with Gasteiger partial charge in [-0.25, -0.2) is 4.39 Å². The second kappa shape index (κ2) is 10.4. The van der Waals surface area contributed by atoms with Crippen molar-refractivity contribution in [3.8, 4) is 5.75 Å². The van der Waals surface area contributed by atoms with Gasteiger partial charge in [0.2, 0.25) is 5.91 Å². The topological polar surface area (TPSA) is 111 Å². The number of non-ortho nitro benzene ring substituents is 1. The average molecular weight is 421 g/mol. The molecule has 2 aromatic carbocycles. The molecule has 1 atom stereocenters. The molecular weight excluding hydrogens is 401 g/mol. The molecule has 0 spiro atoms. The number of carbonyl (C=O) groups excluding carboxylic acids is 2. The molecule has 0 heterocycles. The van der Waals surface area contributed by atoms with Crippen molar-refractivity contribution < 1.29 is 23.6 Å². The molecule has 2 rings (SSSR count). The Balaban J connectivity index is 2.14. The highest BCUT2D eigenvalue weighted by atomic mass is 32.2. The Bertz CT molecular complexity index is 909. The van der Waals surface area contributed by atoms with E-state index >= 15 is 0 Å². The summed E-state index contributed by atoms with van der Waals surface area (Å²) in [6.07, 6.45) is 2.18. The van der Waals surface area contributed by atoms with Crippen LogP contribution < -0.4 is 15.4 Å². The summed E-state index contributed by atoms with van der Waals surface area (Å²) >= 11 is 1.49. The SMILES string of the molecule is COc1ccc(NC(=O)C(CCSC)NC(=O)c2cccc([N+](=O)[O-])c2)cc1F. The molecule has 0 aliphatic heterocycles. The zero-order chi connectivity index (χ0) is 21.4. The zero-order valence-electron chi connectivity index (χ0n) is 15.8. The van der Waals surface area contributed by atoms with E-state index in [1.165, 1.54) is 49.2 Å². The summed E-state index contributed by atoms with van der Waals surface area (Å²) in [4.78, 5) is 35.4. The van der Waals surface area contributed by atoms with Gasteiger partial charge in [0, 0.05) is 29.4 Å². The third-order valence-corrected chi connectivity index (χ3v) is 4.61. The summed E-state index contributed by atoms with van der Waals surface area (Å²) in [6, 6.07) is 8.29. The molecule has 29 heavy (non-hydrogen) atoms. The Morgan fingerprint density at radius 3 is 2.66 bits per heavy atom. The maximum atomic E-state index is 13.8. The van der Waals surface area contributed by atoms with Gasteiger partial charge in [-0.2, -0.15) is 11.8 Å². The molecule has 0 saturated heterocycles. The molecule has 0 aliphatic carbocycles. The van der Waals surface area contributed by atoms with Crippen LogP contribution in [-0.2, 0) is 4.79 Å². The van der Waals surface area contributed by atoms with Crippen LogP contribution in [0.15, 0.2) is 42.5 Å². The summed E-state index contributed by atoms with van der Waals surface area (Å²) < 4.78 is 18.7. The van der Waals surface area contributed by atoms with E-state index in [0.29, 0.717) is 12.2 Å². The van der Waals surface area contributed by atoms with Crippen LogP contribution in [0.25, 0.3) is 0 Å².